The first-order valence-electron chi connectivity index (χ1n) is 8.90. The zero-order chi connectivity index (χ0) is 21.2. The number of furan rings is 1. The van der Waals surface area contributed by atoms with E-state index in [2.05, 4.69) is 0 Å². The van der Waals surface area contributed by atoms with Crippen molar-refractivity contribution < 1.29 is 23.5 Å². The lowest BCUT2D eigenvalue weighted by Gasteiger charge is -2.30. The van der Waals surface area contributed by atoms with Crippen LogP contribution >= 0.6 is 0 Å². The number of amides is 2. The summed E-state index contributed by atoms with van der Waals surface area (Å²) in [5.74, 6) is -0.180. The van der Waals surface area contributed by atoms with E-state index in [0.717, 1.165) is 0 Å². The van der Waals surface area contributed by atoms with Crippen molar-refractivity contribution in [3.63, 3.8) is 0 Å². The summed E-state index contributed by atoms with van der Waals surface area (Å²) in [5.41, 5.74) is 1.93. The lowest BCUT2D eigenvalue weighted by atomic mass is 10.00. The number of urea groups is 1. The SMILES string of the molecule is COC(=O)c1c(C)c(C(=O)C(C)N(Cc2ccco2)C(=O)N(C)C)c(C)n1C. The van der Waals surface area contributed by atoms with Gasteiger partial charge in [-0.25, -0.2) is 9.59 Å². The standard InChI is InChI=1S/C20H27N3O5/c1-12-16(13(2)22(6)17(12)19(25)27-7)18(24)14(3)23(20(26)21(4)5)11-15-9-8-10-28-15/h8-10,14H,11H2,1-7H3. The molecular weight excluding hydrogens is 362 g/mol. The average molecular weight is 389 g/mol. The highest BCUT2D eigenvalue weighted by atomic mass is 16.5. The normalized spacial score (nSPS) is 11.8. The second-order valence-corrected chi connectivity index (χ2v) is 6.91. The molecule has 0 aliphatic rings. The minimum atomic E-state index is -0.759. The van der Waals surface area contributed by atoms with Gasteiger partial charge in [0.15, 0.2) is 5.78 Å². The maximum Gasteiger partial charge on any atom is 0.354 e. The van der Waals surface area contributed by atoms with Gasteiger partial charge in [0.25, 0.3) is 0 Å². The third-order valence-electron chi connectivity index (χ3n) is 4.94. The molecule has 2 aromatic heterocycles. The number of rotatable bonds is 6. The van der Waals surface area contributed by atoms with E-state index in [4.69, 9.17) is 9.15 Å². The van der Waals surface area contributed by atoms with Crippen molar-refractivity contribution in [1.29, 1.82) is 0 Å². The van der Waals surface area contributed by atoms with Gasteiger partial charge in [0, 0.05) is 32.4 Å². The highest BCUT2D eigenvalue weighted by molar-refractivity contribution is 6.06. The Kier molecular flexibility index (Phi) is 6.33. The summed E-state index contributed by atoms with van der Waals surface area (Å²) in [4.78, 5) is 41.1. The van der Waals surface area contributed by atoms with E-state index in [1.807, 2.05) is 0 Å². The number of Topliss-reactive ketones (excluding diaryl/α,β-unsaturated/α-hetero) is 1. The van der Waals surface area contributed by atoms with E-state index in [1.165, 1.54) is 23.2 Å². The van der Waals surface area contributed by atoms with Gasteiger partial charge in [-0.05, 0) is 38.5 Å². The molecule has 2 rings (SSSR count). The van der Waals surface area contributed by atoms with Crippen LogP contribution in [0.4, 0.5) is 4.79 Å². The van der Waals surface area contributed by atoms with Crippen molar-refractivity contribution in [3.8, 4) is 0 Å². The third kappa shape index (κ3) is 3.81. The van der Waals surface area contributed by atoms with Crippen LogP contribution in [0, 0.1) is 13.8 Å². The Hall–Kier alpha value is -3.03. The van der Waals surface area contributed by atoms with Gasteiger partial charge in [0.05, 0.1) is 26.0 Å². The van der Waals surface area contributed by atoms with Gasteiger partial charge >= 0.3 is 12.0 Å². The molecule has 0 aliphatic heterocycles. The first-order chi connectivity index (χ1) is 13.1. The molecule has 0 N–H and O–H groups in total. The van der Waals surface area contributed by atoms with Crippen LogP contribution in [0.25, 0.3) is 0 Å². The van der Waals surface area contributed by atoms with Crippen molar-refractivity contribution in [2.45, 2.75) is 33.4 Å². The Labute approximate surface area is 164 Å². The molecule has 8 heteroatoms. The number of methoxy groups -OCH3 is 1. The Morgan fingerprint density at radius 2 is 1.89 bits per heavy atom. The average Bonchev–Trinajstić information content (AvgIpc) is 3.24. The minimum absolute atomic E-state index is 0.158. The van der Waals surface area contributed by atoms with Gasteiger partial charge in [-0.15, -0.1) is 0 Å². The summed E-state index contributed by atoms with van der Waals surface area (Å²) < 4.78 is 11.8. The van der Waals surface area contributed by atoms with E-state index >= 15 is 0 Å². The molecule has 0 saturated carbocycles. The quantitative estimate of drug-likeness (QED) is 0.560. The molecule has 0 radical (unpaired) electrons. The summed E-state index contributed by atoms with van der Waals surface area (Å²) in [6.07, 6.45) is 1.52. The molecule has 8 nitrogen and oxygen atoms in total. The van der Waals surface area contributed by atoms with Crippen molar-refractivity contribution in [1.82, 2.24) is 14.4 Å². The number of ether oxygens (including phenoxy) is 1. The predicted octanol–water partition coefficient (Wildman–Crippen LogP) is 2.78. The molecule has 2 aromatic rings. The van der Waals surface area contributed by atoms with Gasteiger partial charge in [0.2, 0.25) is 0 Å². The number of hydrogen-bond donors (Lipinski definition) is 0. The molecule has 28 heavy (non-hydrogen) atoms. The van der Waals surface area contributed by atoms with Crippen LogP contribution in [0.2, 0.25) is 0 Å². The van der Waals surface area contributed by atoms with Crippen LogP contribution in [0.1, 0.15) is 44.8 Å². The maximum absolute atomic E-state index is 13.4. The summed E-state index contributed by atoms with van der Waals surface area (Å²) in [6.45, 7) is 5.32. The van der Waals surface area contributed by atoms with E-state index < -0.39 is 12.0 Å². The largest absolute Gasteiger partial charge is 0.467 e. The maximum atomic E-state index is 13.4. The number of carbonyl (C=O) groups excluding carboxylic acids is 3. The minimum Gasteiger partial charge on any atom is -0.467 e. The van der Waals surface area contributed by atoms with Gasteiger partial charge < -0.3 is 23.5 Å². The Bertz CT molecular complexity index is 880. The Morgan fingerprint density at radius 3 is 2.39 bits per heavy atom. The van der Waals surface area contributed by atoms with Gasteiger partial charge in [0.1, 0.15) is 11.5 Å². The molecule has 0 bridgehead atoms. The van der Waals surface area contributed by atoms with Gasteiger partial charge in [-0.1, -0.05) is 0 Å². The first-order valence-corrected chi connectivity index (χ1v) is 8.90. The number of esters is 1. The number of hydrogen-bond acceptors (Lipinski definition) is 5. The van der Waals surface area contributed by atoms with Gasteiger partial charge in [-0.2, -0.15) is 0 Å². The number of ketones is 1. The molecule has 0 saturated heterocycles. The summed E-state index contributed by atoms with van der Waals surface area (Å²) in [6, 6.07) is 2.41. The van der Waals surface area contributed by atoms with Gasteiger partial charge in [-0.3, -0.25) is 4.79 Å². The Morgan fingerprint density at radius 1 is 1.25 bits per heavy atom. The molecule has 2 amide bonds. The molecule has 1 unspecified atom stereocenters. The summed E-state index contributed by atoms with van der Waals surface area (Å²) in [5, 5.41) is 0. The topological polar surface area (TPSA) is 85.0 Å². The van der Waals surface area contributed by atoms with Crippen LogP contribution < -0.4 is 0 Å². The monoisotopic (exact) mass is 389 g/mol. The van der Waals surface area contributed by atoms with Crippen LogP contribution in [-0.4, -0.2) is 59.4 Å². The second kappa shape index (κ2) is 8.33. The van der Waals surface area contributed by atoms with Crippen LogP contribution in [0.5, 0.6) is 0 Å². The molecule has 152 valence electrons. The molecule has 0 aromatic carbocycles. The van der Waals surface area contributed by atoms with Crippen molar-refractivity contribution in [2.24, 2.45) is 7.05 Å². The fourth-order valence-electron chi connectivity index (χ4n) is 3.27. The summed E-state index contributed by atoms with van der Waals surface area (Å²) in [7, 11) is 6.27. The van der Waals surface area contributed by atoms with Crippen molar-refractivity contribution >= 4 is 17.8 Å². The fraction of sp³-hybridized carbons (Fsp3) is 0.450. The highest BCUT2D eigenvalue weighted by Crippen LogP contribution is 2.25. The molecule has 0 spiro atoms. The number of nitrogens with zero attached hydrogens (tertiary/aromatic N) is 3. The first kappa shape index (κ1) is 21.3. The highest BCUT2D eigenvalue weighted by Gasteiger charge is 2.33. The predicted molar refractivity (Wildman–Crippen MR) is 103 cm³/mol. The van der Waals surface area contributed by atoms with E-state index in [9.17, 15) is 14.4 Å². The fourth-order valence-corrected chi connectivity index (χ4v) is 3.27. The van der Waals surface area contributed by atoms with E-state index in [1.54, 1.807) is 58.6 Å². The summed E-state index contributed by atoms with van der Waals surface area (Å²) >= 11 is 0. The van der Waals surface area contributed by atoms with Crippen LogP contribution in [0.3, 0.4) is 0 Å². The number of aromatic nitrogens is 1. The zero-order valence-electron chi connectivity index (χ0n) is 17.4. The third-order valence-corrected chi connectivity index (χ3v) is 4.94. The Balaban J connectivity index is 2.45. The smallest absolute Gasteiger partial charge is 0.354 e. The second-order valence-electron chi connectivity index (χ2n) is 6.91. The lowest BCUT2D eigenvalue weighted by molar-refractivity contribution is 0.0588. The molecule has 0 aliphatic carbocycles. The molecule has 1 atom stereocenters. The van der Waals surface area contributed by atoms with Crippen molar-refractivity contribution in [2.75, 3.05) is 21.2 Å². The van der Waals surface area contributed by atoms with E-state index in [0.29, 0.717) is 28.3 Å². The molecule has 0 fully saturated rings. The number of carbonyl (C=O) groups is 3. The zero-order valence-corrected chi connectivity index (χ0v) is 17.4. The van der Waals surface area contributed by atoms with Crippen LogP contribution in [-0.2, 0) is 18.3 Å². The van der Waals surface area contributed by atoms with E-state index in [-0.39, 0.29) is 18.4 Å². The van der Waals surface area contributed by atoms with Crippen LogP contribution in [0.15, 0.2) is 22.8 Å². The lowest BCUT2D eigenvalue weighted by Crippen LogP contribution is -2.47. The molecule has 2 heterocycles. The van der Waals surface area contributed by atoms with Crippen molar-refractivity contribution in [3.05, 3.63) is 46.7 Å². The molecular formula is C20H27N3O5.